The molecule has 1 aromatic carbocycles. The van der Waals surface area contributed by atoms with Crippen molar-refractivity contribution in [3.8, 4) is 0 Å². The Morgan fingerprint density at radius 2 is 1.83 bits per heavy atom. The first kappa shape index (κ1) is 17.8. The molecule has 0 radical (unpaired) electrons. The van der Waals surface area contributed by atoms with Gasteiger partial charge in [0.05, 0.1) is 12.0 Å². The number of pyridine rings is 1. The molecule has 0 bridgehead atoms. The van der Waals surface area contributed by atoms with Gasteiger partial charge < -0.3 is 0 Å². The molecule has 0 spiro atoms. The summed E-state index contributed by atoms with van der Waals surface area (Å²) in [4.78, 5) is 27.4. The molecule has 9 heteroatoms. The molecule has 0 saturated carbocycles. The third-order valence-electron chi connectivity index (χ3n) is 2.81. The molecule has 0 atom stereocenters. The molecule has 0 fully saturated rings. The number of alkyl halides is 2. The van der Waals surface area contributed by atoms with Crippen molar-refractivity contribution in [2.24, 2.45) is 0 Å². The van der Waals surface area contributed by atoms with Crippen molar-refractivity contribution in [3.63, 3.8) is 0 Å². The molecule has 1 aromatic heterocycles. The number of halogens is 3. The van der Waals surface area contributed by atoms with Crippen molar-refractivity contribution in [1.29, 1.82) is 0 Å². The van der Waals surface area contributed by atoms with Crippen molar-refractivity contribution in [2.75, 3.05) is 0 Å². The monoisotopic (exact) mass is 355 g/mol. The predicted octanol–water partition coefficient (Wildman–Crippen LogP) is 2.54. The summed E-state index contributed by atoms with van der Waals surface area (Å²) in [6, 6.07) is 8.05. The summed E-state index contributed by atoms with van der Waals surface area (Å²) in [5, 5.41) is -0.141. The number of hydrazine groups is 1. The van der Waals surface area contributed by atoms with E-state index in [9.17, 15) is 22.8 Å². The maximum absolute atomic E-state index is 12.8. The fourth-order valence-corrected chi connectivity index (χ4v) is 2.35. The fraction of sp³-hybridized carbons (Fsp3) is 0.133. The summed E-state index contributed by atoms with van der Waals surface area (Å²) in [5.41, 5.74) is 4.78. The van der Waals surface area contributed by atoms with E-state index in [1.165, 1.54) is 42.6 Å². The van der Waals surface area contributed by atoms with E-state index in [2.05, 4.69) is 15.8 Å². The number of hydrogen-bond donors (Lipinski definition) is 2. The van der Waals surface area contributed by atoms with Crippen LogP contribution in [0.2, 0.25) is 0 Å². The zero-order valence-corrected chi connectivity index (χ0v) is 12.9. The molecule has 2 N–H and O–H groups in total. The van der Waals surface area contributed by atoms with Gasteiger partial charge in [-0.25, -0.2) is 9.37 Å². The first-order valence-electron chi connectivity index (χ1n) is 6.69. The van der Waals surface area contributed by atoms with Crippen LogP contribution in [0.1, 0.15) is 15.9 Å². The molecule has 126 valence electrons. The number of nitrogens with one attached hydrogen (secondary N) is 2. The maximum atomic E-state index is 12.8. The molecule has 0 aliphatic rings. The average Bonchev–Trinajstić information content (AvgIpc) is 2.55. The van der Waals surface area contributed by atoms with Crippen molar-refractivity contribution in [3.05, 3.63) is 59.5 Å². The van der Waals surface area contributed by atoms with Gasteiger partial charge in [0.25, 0.3) is 11.7 Å². The van der Waals surface area contributed by atoms with Gasteiger partial charge in [0.1, 0.15) is 10.8 Å². The lowest BCUT2D eigenvalue weighted by Crippen LogP contribution is -2.42. The quantitative estimate of drug-likeness (QED) is 0.639. The number of carbonyl (C=O) groups excluding carboxylic acids is 2. The third kappa shape index (κ3) is 5.27. The molecule has 24 heavy (non-hydrogen) atoms. The summed E-state index contributed by atoms with van der Waals surface area (Å²) in [6.45, 7) is 0. The Bertz CT molecular complexity index is 726. The minimum absolute atomic E-state index is 0.0771. The highest BCUT2D eigenvalue weighted by molar-refractivity contribution is 7.99. The SMILES string of the molecule is O=C(Cc1ccc(F)cc1)NNC(=O)c1cccnc1SC(F)F. The van der Waals surface area contributed by atoms with E-state index < -0.39 is 23.4 Å². The fourth-order valence-electron chi connectivity index (χ4n) is 1.77. The van der Waals surface area contributed by atoms with Crippen LogP contribution in [0.25, 0.3) is 0 Å². The molecule has 1 heterocycles. The van der Waals surface area contributed by atoms with Crippen LogP contribution in [-0.2, 0) is 11.2 Å². The molecule has 2 aromatic rings. The highest BCUT2D eigenvalue weighted by Crippen LogP contribution is 2.26. The lowest BCUT2D eigenvalue weighted by molar-refractivity contribution is -0.121. The van der Waals surface area contributed by atoms with Gasteiger partial charge in [-0.1, -0.05) is 12.1 Å². The Balaban J connectivity index is 1.93. The molecular formula is C15H12F3N3O2S. The molecule has 0 aliphatic heterocycles. The Kier molecular flexibility index (Phi) is 6.19. The van der Waals surface area contributed by atoms with Crippen LogP contribution in [0.3, 0.4) is 0 Å². The van der Waals surface area contributed by atoms with E-state index in [0.29, 0.717) is 5.56 Å². The van der Waals surface area contributed by atoms with E-state index in [1.54, 1.807) is 0 Å². The number of nitrogens with zero attached hydrogens (tertiary/aromatic N) is 1. The molecular weight excluding hydrogens is 343 g/mol. The second kappa shape index (κ2) is 8.34. The zero-order chi connectivity index (χ0) is 17.5. The van der Waals surface area contributed by atoms with Gasteiger partial charge in [-0.3, -0.25) is 20.4 Å². The number of carbonyl (C=O) groups is 2. The minimum atomic E-state index is -2.72. The Morgan fingerprint density at radius 3 is 2.50 bits per heavy atom. The molecule has 0 unspecified atom stereocenters. The van der Waals surface area contributed by atoms with Gasteiger partial charge in [0.15, 0.2) is 0 Å². The van der Waals surface area contributed by atoms with E-state index in [1.807, 2.05) is 0 Å². The van der Waals surface area contributed by atoms with Gasteiger partial charge in [0, 0.05) is 6.20 Å². The topological polar surface area (TPSA) is 71.1 Å². The van der Waals surface area contributed by atoms with Crippen molar-refractivity contribution < 1.29 is 22.8 Å². The first-order chi connectivity index (χ1) is 11.5. The summed E-state index contributed by atoms with van der Waals surface area (Å²) in [7, 11) is 0. The Hall–Kier alpha value is -2.55. The molecule has 0 aliphatic carbocycles. The van der Waals surface area contributed by atoms with Crippen LogP contribution in [0.4, 0.5) is 13.2 Å². The van der Waals surface area contributed by atoms with Gasteiger partial charge >= 0.3 is 0 Å². The number of benzene rings is 1. The van der Waals surface area contributed by atoms with Crippen LogP contribution < -0.4 is 10.9 Å². The van der Waals surface area contributed by atoms with Crippen molar-refractivity contribution in [1.82, 2.24) is 15.8 Å². The van der Waals surface area contributed by atoms with E-state index in [-0.39, 0.29) is 28.8 Å². The summed E-state index contributed by atoms with van der Waals surface area (Å²) in [5.74, 6) is -4.45. The number of rotatable bonds is 5. The second-order valence-corrected chi connectivity index (χ2v) is 5.52. The molecule has 2 amide bonds. The smallest absolute Gasteiger partial charge is 0.273 e. The summed E-state index contributed by atoms with van der Waals surface area (Å²) >= 11 is 0.138. The predicted molar refractivity (Wildman–Crippen MR) is 81.8 cm³/mol. The van der Waals surface area contributed by atoms with Gasteiger partial charge in [-0.05, 0) is 41.6 Å². The Labute approximate surface area is 139 Å². The number of amides is 2. The van der Waals surface area contributed by atoms with Gasteiger partial charge in [0.2, 0.25) is 5.91 Å². The first-order valence-corrected chi connectivity index (χ1v) is 7.57. The van der Waals surface area contributed by atoms with Crippen LogP contribution in [0.5, 0.6) is 0 Å². The highest BCUT2D eigenvalue weighted by Gasteiger charge is 2.17. The lowest BCUT2D eigenvalue weighted by atomic mass is 10.1. The second-order valence-electron chi connectivity index (χ2n) is 4.54. The molecule has 5 nitrogen and oxygen atoms in total. The summed E-state index contributed by atoms with van der Waals surface area (Å²) < 4.78 is 37.7. The average molecular weight is 355 g/mol. The van der Waals surface area contributed by atoms with Crippen LogP contribution in [-0.4, -0.2) is 22.6 Å². The van der Waals surface area contributed by atoms with E-state index in [0.717, 1.165) is 0 Å². The lowest BCUT2D eigenvalue weighted by Gasteiger charge is -2.10. The molecule has 2 rings (SSSR count). The van der Waals surface area contributed by atoms with Crippen molar-refractivity contribution in [2.45, 2.75) is 17.2 Å². The standard InChI is InChI=1S/C15H12F3N3O2S/c16-10-5-3-9(4-6-10)8-12(22)20-21-13(23)11-2-1-7-19-14(11)24-15(17)18/h1-7,15H,8H2,(H,20,22)(H,21,23). The Morgan fingerprint density at radius 1 is 1.12 bits per heavy atom. The number of hydrogen-bond acceptors (Lipinski definition) is 4. The van der Waals surface area contributed by atoms with Gasteiger partial charge in [-0.15, -0.1) is 0 Å². The largest absolute Gasteiger partial charge is 0.290 e. The third-order valence-corrected chi connectivity index (χ3v) is 3.54. The zero-order valence-electron chi connectivity index (χ0n) is 12.1. The van der Waals surface area contributed by atoms with Crippen molar-refractivity contribution >= 4 is 23.6 Å². The summed E-state index contributed by atoms with van der Waals surface area (Å²) in [6.07, 6.45) is 1.21. The molecule has 0 saturated heterocycles. The van der Waals surface area contributed by atoms with Crippen LogP contribution in [0.15, 0.2) is 47.6 Å². The minimum Gasteiger partial charge on any atom is -0.273 e. The number of thioether (sulfide) groups is 1. The van der Waals surface area contributed by atoms with Gasteiger partial charge in [-0.2, -0.15) is 8.78 Å². The maximum Gasteiger partial charge on any atom is 0.290 e. The van der Waals surface area contributed by atoms with Crippen LogP contribution >= 0.6 is 11.8 Å². The highest BCUT2D eigenvalue weighted by atomic mass is 32.2. The normalized spacial score (nSPS) is 10.5. The van der Waals surface area contributed by atoms with E-state index in [4.69, 9.17) is 0 Å². The van der Waals surface area contributed by atoms with Crippen LogP contribution in [0, 0.1) is 5.82 Å². The number of aromatic nitrogens is 1. The van der Waals surface area contributed by atoms with E-state index >= 15 is 0 Å².